The van der Waals surface area contributed by atoms with E-state index < -0.39 is 11.2 Å². The molecule has 0 bridgehead atoms. The Hall–Kier alpha value is -1.62. The van der Waals surface area contributed by atoms with Crippen LogP contribution in [0.15, 0.2) is 18.2 Å². The molecular formula is C11H12FNO3. The van der Waals surface area contributed by atoms with Crippen molar-refractivity contribution in [2.75, 3.05) is 18.5 Å². The number of rotatable bonds is 2. The maximum atomic E-state index is 12.9. The number of aromatic hydroxyl groups is 1. The van der Waals surface area contributed by atoms with Crippen LogP contribution in [0.1, 0.15) is 6.92 Å². The molecule has 4 nitrogen and oxygen atoms in total. The second kappa shape index (κ2) is 3.75. The zero-order chi connectivity index (χ0) is 11.8. The van der Waals surface area contributed by atoms with Crippen LogP contribution in [0.2, 0.25) is 0 Å². The van der Waals surface area contributed by atoms with Crippen molar-refractivity contribution in [1.82, 2.24) is 0 Å². The first kappa shape index (κ1) is 10.9. The molecule has 0 atom stereocenters. The standard InChI is InChI=1S/C11H12FNO3/c1-11(5-16-6-11)10(15)13-8-4-7(12)2-3-9(8)14/h2-4,14H,5-6H2,1H3,(H,13,15). The van der Waals surface area contributed by atoms with Crippen LogP contribution in [-0.2, 0) is 9.53 Å². The molecule has 16 heavy (non-hydrogen) atoms. The minimum Gasteiger partial charge on any atom is -0.506 e. The van der Waals surface area contributed by atoms with Gasteiger partial charge in [-0.3, -0.25) is 4.79 Å². The summed E-state index contributed by atoms with van der Waals surface area (Å²) in [4.78, 5) is 11.8. The van der Waals surface area contributed by atoms with Crippen LogP contribution in [-0.4, -0.2) is 24.2 Å². The second-order valence-corrected chi connectivity index (χ2v) is 4.17. The molecule has 86 valence electrons. The Labute approximate surface area is 92.0 Å². The number of benzene rings is 1. The minimum atomic E-state index is -0.585. The van der Waals surface area contributed by atoms with E-state index in [1.165, 1.54) is 6.07 Å². The van der Waals surface area contributed by atoms with Crippen molar-refractivity contribution in [3.8, 4) is 5.75 Å². The van der Waals surface area contributed by atoms with Crippen molar-refractivity contribution in [3.63, 3.8) is 0 Å². The van der Waals surface area contributed by atoms with Crippen molar-refractivity contribution in [2.24, 2.45) is 5.41 Å². The molecule has 0 radical (unpaired) electrons. The Balaban J connectivity index is 2.14. The number of hydrogen-bond donors (Lipinski definition) is 2. The van der Waals surface area contributed by atoms with E-state index in [0.717, 1.165) is 12.1 Å². The third-order valence-corrected chi connectivity index (χ3v) is 2.60. The zero-order valence-electron chi connectivity index (χ0n) is 8.79. The van der Waals surface area contributed by atoms with Crippen LogP contribution in [0.25, 0.3) is 0 Å². The van der Waals surface area contributed by atoms with E-state index in [-0.39, 0.29) is 17.3 Å². The highest BCUT2D eigenvalue weighted by molar-refractivity contribution is 5.96. The van der Waals surface area contributed by atoms with Gasteiger partial charge in [-0.2, -0.15) is 0 Å². The highest BCUT2D eigenvalue weighted by Gasteiger charge is 2.41. The van der Waals surface area contributed by atoms with E-state index in [1.54, 1.807) is 6.92 Å². The molecular weight excluding hydrogens is 213 g/mol. The molecule has 1 saturated heterocycles. The summed E-state index contributed by atoms with van der Waals surface area (Å²) in [5, 5.41) is 11.9. The number of amides is 1. The number of carbonyl (C=O) groups is 1. The van der Waals surface area contributed by atoms with E-state index >= 15 is 0 Å². The SMILES string of the molecule is CC1(C(=O)Nc2cc(F)ccc2O)COC1. The van der Waals surface area contributed by atoms with Gasteiger partial charge in [0.15, 0.2) is 0 Å². The smallest absolute Gasteiger partial charge is 0.235 e. The molecule has 0 saturated carbocycles. The van der Waals surface area contributed by atoms with Gasteiger partial charge < -0.3 is 15.2 Å². The van der Waals surface area contributed by atoms with Gasteiger partial charge in [0.1, 0.15) is 11.6 Å². The lowest BCUT2D eigenvalue weighted by Crippen LogP contribution is -2.49. The molecule has 5 heteroatoms. The van der Waals surface area contributed by atoms with Crippen molar-refractivity contribution in [2.45, 2.75) is 6.92 Å². The summed E-state index contributed by atoms with van der Waals surface area (Å²) >= 11 is 0. The van der Waals surface area contributed by atoms with Gasteiger partial charge in [-0.25, -0.2) is 4.39 Å². The van der Waals surface area contributed by atoms with Gasteiger partial charge in [0, 0.05) is 6.07 Å². The van der Waals surface area contributed by atoms with E-state index in [0.29, 0.717) is 13.2 Å². The predicted molar refractivity (Wildman–Crippen MR) is 55.6 cm³/mol. The Morgan fingerprint density at radius 1 is 1.56 bits per heavy atom. The molecule has 1 amide bonds. The van der Waals surface area contributed by atoms with Gasteiger partial charge in [0.05, 0.1) is 24.3 Å². The number of hydrogen-bond acceptors (Lipinski definition) is 3. The predicted octanol–water partition coefficient (Wildman–Crippen LogP) is 1.51. The molecule has 1 aromatic rings. The van der Waals surface area contributed by atoms with Crippen LogP contribution in [0.5, 0.6) is 5.75 Å². The zero-order valence-corrected chi connectivity index (χ0v) is 8.79. The second-order valence-electron chi connectivity index (χ2n) is 4.17. The van der Waals surface area contributed by atoms with Crippen molar-refractivity contribution in [1.29, 1.82) is 0 Å². The summed E-state index contributed by atoms with van der Waals surface area (Å²) in [5.41, 5.74) is -0.503. The molecule has 1 aliphatic heterocycles. The fraction of sp³-hybridized carbons (Fsp3) is 0.364. The lowest BCUT2D eigenvalue weighted by molar-refractivity contribution is -0.151. The number of phenolic OH excluding ortho intramolecular Hbond substituents is 1. The summed E-state index contributed by atoms with van der Waals surface area (Å²) in [6, 6.07) is 3.40. The highest BCUT2D eigenvalue weighted by Crippen LogP contribution is 2.30. The first-order chi connectivity index (χ1) is 7.51. The van der Waals surface area contributed by atoms with E-state index in [1.807, 2.05) is 0 Å². The van der Waals surface area contributed by atoms with E-state index in [4.69, 9.17) is 4.74 Å². The van der Waals surface area contributed by atoms with Crippen molar-refractivity contribution >= 4 is 11.6 Å². The molecule has 1 fully saturated rings. The van der Waals surface area contributed by atoms with Crippen LogP contribution < -0.4 is 5.32 Å². The van der Waals surface area contributed by atoms with Gasteiger partial charge in [0.2, 0.25) is 5.91 Å². The lowest BCUT2D eigenvalue weighted by Gasteiger charge is -2.36. The number of halogens is 1. The van der Waals surface area contributed by atoms with Crippen LogP contribution in [0, 0.1) is 11.2 Å². The summed E-state index contributed by atoms with van der Waals surface area (Å²) in [5.74, 6) is -0.943. The molecule has 0 aliphatic carbocycles. The Bertz CT molecular complexity index is 429. The number of carbonyl (C=O) groups excluding carboxylic acids is 1. The fourth-order valence-corrected chi connectivity index (χ4v) is 1.42. The molecule has 2 rings (SSSR count). The first-order valence-corrected chi connectivity index (χ1v) is 4.89. The number of phenols is 1. The molecule has 0 spiro atoms. The number of anilines is 1. The van der Waals surface area contributed by atoms with Crippen LogP contribution in [0.4, 0.5) is 10.1 Å². The molecule has 1 aliphatic rings. The van der Waals surface area contributed by atoms with E-state index in [9.17, 15) is 14.3 Å². The third-order valence-electron chi connectivity index (χ3n) is 2.60. The lowest BCUT2D eigenvalue weighted by atomic mass is 9.87. The summed E-state index contributed by atoms with van der Waals surface area (Å²) < 4.78 is 17.9. The van der Waals surface area contributed by atoms with E-state index in [2.05, 4.69) is 5.32 Å². The Kier molecular flexibility index (Phi) is 2.55. The summed E-state index contributed by atoms with van der Waals surface area (Å²) in [7, 11) is 0. The van der Waals surface area contributed by atoms with Gasteiger partial charge in [-0.15, -0.1) is 0 Å². The fourth-order valence-electron chi connectivity index (χ4n) is 1.42. The van der Waals surface area contributed by atoms with Crippen LogP contribution >= 0.6 is 0 Å². The van der Waals surface area contributed by atoms with Gasteiger partial charge in [-0.05, 0) is 19.1 Å². The topological polar surface area (TPSA) is 58.6 Å². The van der Waals surface area contributed by atoms with Crippen LogP contribution in [0.3, 0.4) is 0 Å². The number of nitrogens with one attached hydrogen (secondary N) is 1. The molecule has 2 N–H and O–H groups in total. The third kappa shape index (κ3) is 1.86. The highest BCUT2D eigenvalue weighted by atomic mass is 19.1. The Morgan fingerprint density at radius 2 is 2.25 bits per heavy atom. The average molecular weight is 225 g/mol. The molecule has 0 aromatic heterocycles. The van der Waals surface area contributed by atoms with Gasteiger partial charge >= 0.3 is 0 Å². The van der Waals surface area contributed by atoms with Crippen molar-refractivity contribution < 1.29 is 19.0 Å². The maximum absolute atomic E-state index is 12.9. The average Bonchev–Trinajstić information content (AvgIpc) is 2.20. The summed E-state index contributed by atoms with van der Waals surface area (Å²) in [6.07, 6.45) is 0. The van der Waals surface area contributed by atoms with Gasteiger partial charge in [0.25, 0.3) is 0 Å². The van der Waals surface area contributed by atoms with Crippen molar-refractivity contribution in [3.05, 3.63) is 24.0 Å². The quantitative estimate of drug-likeness (QED) is 0.750. The minimum absolute atomic E-state index is 0.0816. The Morgan fingerprint density at radius 3 is 2.81 bits per heavy atom. The molecule has 1 aromatic carbocycles. The monoisotopic (exact) mass is 225 g/mol. The van der Waals surface area contributed by atoms with Gasteiger partial charge in [-0.1, -0.05) is 0 Å². The first-order valence-electron chi connectivity index (χ1n) is 4.89. The number of ether oxygens (including phenoxy) is 1. The maximum Gasteiger partial charge on any atom is 0.235 e. The normalized spacial score (nSPS) is 17.6. The largest absolute Gasteiger partial charge is 0.506 e. The molecule has 0 unspecified atom stereocenters. The molecule has 1 heterocycles. The summed E-state index contributed by atoms with van der Waals surface area (Å²) in [6.45, 7) is 2.44.